The number of hydrogen-bond donors (Lipinski definition) is 2. The van der Waals surface area contributed by atoms with Gasteiger partial charge in [0.2, 0.25) is 5.91 Å². The van der Waals surface area contributed by atoms with Gasteiger partial charge < -0.3 is 20.1 Å². The number of amides is 2. The quantitative estimate of drug-likeness (QED) is 0.499. The predicted octanol–water partition coefficient (Wildman–Crippen LogP) is 4.02. The lowest BCUT2D eigenvalue weighted by Gasteiger charge is -2.39. The number of nitrogens with one attached hydrogen (secondary N) is 1. The van der Waals surface area contributed by atoms with Crippen molar-refractivity contribution in [2.75, 3.05) is 14.2 Å². The molecule has 0 saturated carbocycles. The van der Waals surface area contributed by atoms with Crippen LogP contribution in [-0.4, -0.2) is 60.1 Å². The van der Waals surface area contributed by atoms with E-state index in [9.17, 15) is 19.5 Å². The molecule has 0 aromatic heterocycles. The van der Waals surface area contributed by atoms with Crippen LogP contribution in [0.5, 0.6) is 0 Å². The van der Waals surface area contributed by atoms with Gasteiger partial charge in [-0.15, -0.1) is 0 Å². The highest BCUT2D eigenvalue weighted by atomic mass is 16.5. The molecule has 0 fully saturated rings. The molecule has 0 aliphatic carbocycles. The Bertz CT molecular complexity index is 884. The van der Waals surface area contributed by atoms with Crippen LogP contribution in [0.1, 0.15) is 61.0 Å². The second-order valence-corrected chi connectivity index (χ2v) is 10.8. The first-order chi connectivity index (χ1) is 15.5. The van der Waals surface area contributed by atoms with E-state index in [1.54, 1.807) is 13.1 Å². The van der Waals surface area contributed by atoms with Gasteiger partial charge in [0, 0.05) is 25.1 Å². The third kappa shape index (κ3) is 7.16. The minimum absolute atomic E-state index is 0.0247. The topological polar surface area (TPSA) is 95.9 Å². The number of nitrogens with zero attached hydrogens (tertiary/aromatic N) is 1. The Labute approximate surface area is 204 Å². The lowest BCUT2D eigenvalue weighted by Crippen LogP contribution is -2.59. The standard InChI is InChI=1S/C27H42N2O5/c1-17(2)20(16-18(3)25(32)33)29(9)24(31)21(26(4,5)6)28-23(30)22(34-10)27(7,8)19-14-12-11-13-15-19/h11-17,20-22H,1-10H3,(H,28,30)(H,32,33)/t20-,21-,22+/m1/s1. The molecule has 0 aliphatic heterocycles. The molecule has 1 rings (SSSR count). The number of carbonyl (C=O) groups excluding carboxylic acids is 2. The van der Waals surface area contributed by atoms with Crippen molar-refractivity contribution in [1.82, 2.24) is 10.2 Å². The summed E-state index contributed by atoms with van der Waals surface area (Å²) in [7, 11) is 3.13. The first-order valence-corrected chi connectivity index (χ1v) is 11.6. The lowest BCUT2D eigenvalue weighted by molar-refractivity contribution is -0.144. The van der Waals surface area contributed by atoms with Crippen molar-refractivity contribution in [3.05, 3.63) is 47.5 Å². The van der Waals surface area contributed by atoms with Gasteiger partial charge in [-0.1, -0.05) is 84.9 Å². The van der Waals surface area contributed by atoms with E-state index in [-0.39, 0.29) is 23.3 Å². The van der Waals surface area contributed by atoms with Crippen LogP contribution < -0.4 is 5.32 Å². The summed E-state index contributed by atoms with van der Waals surface area (Å²) < 4.78 is 5.64. The Morgan fingerprint density at radius 3 is 2.00 bits per heavy atom. The molecule has 7 heteroatoms. The number of methoxy groups -OCH3 is 1. The van der Waals surface area contributed by atoms with Gasteiger partial charge in [0.1, 0.15) is 12.1 Å². The van der Waals surface area contributed by atoms with E-state index in [2.05, 4.69) is 5.32 Å². The average molecular weight is 475 g/mol. The number of hydrogen-bond acceptors (Lipinski definition) is 4. The summed E-state index contributed by atoms with van der Waals surface area (Å²) in [5.74, 6) is -1.72. The maximum Gasteiger partial charge on any atom is 0.331 e. The SMILES string of the molecule is CO[C@@H](C(=O)N[C@H](C(=O)N(C)[C@H](C=C(C)C(=O)O)C(C)C)C(C)(C)C)C(C)(C)c1ccccc1. The number of ether oxygens (including phenoxy) is 1. The maximum atomic E-state index is 13.6. The van der Waals surface area contributed by atoms with Crippen LogP contribution in [-0.2, 0) is 24.5 Å². The number of rotatable bonds is 10. The number of carboxylic acid groups (broad SMARTS) is 1. The van der Waals surface area contributed by atoms with E-state index in [1.807, 2.05) is 78.8 Å². The van der Waals surface area contributed by atoms with Crippen LogP contribution in [0.3, 0.4) is 0 Å². The molecule has 0 radical (unpaired) electrons. The Hall–Kier alpha value is -2.67. The van der Waals surface area contributed by atoms with Gasteiger partial charge in [-0.05, 0) is 23.8 Å². The van der Waals surface area contributed by atoms with Crippen molar-refractivity contribution in [2.24, 2.45) is 11.3 Å². The molecule has 2 amide bonds. The van der Waals surface area contributed by atoms with Crippen molar-refractivity contribution in [3.8, 4) is 0 Å². The van der Waals surface area contributed by atoms with Gasteiger partial charge in [-0.25, -0.2) is 4.79 Å². The summed E-state index contributed by atoms with van der Waals surface area (Å²) in [4.78, 5) is 40.0. The third-order valence-corrected chi connectivity index (χ3v) is 6.28. The summed E-state index contributed by atoms with van der Waals surface area (Å²) in [5.41, 5.74) is -0.122. The molecule has 0 saturated heterocycles. The van der Waals surface area contributed by atoms with Gasteiger partial charge in [0.25, 0.3) is 5.91 Å². The molecule has 34 heavy (non-hydrogen) atoms. The Balaban J connectivity index is 3.29. The van der Waals surface area contributed by atoms with Crippen LogP contribution in [0.15, 0.2) is 42.0 Å². The number of carbonyl (C=O) groups is 3. The van der Waals surface area contributed by atoms with E-state index in [1.165, 1.54) is 18.9 Å². The van der Waals surface area contributed by atoms with Gasteiger partial charge >= 0.3 is 5.97 Å². The molecule has 1 aromatic carbocycles. The largest absolute Gasteiger partial charge is 0.478 e. The molecule has 0 unspecified atom stereocenters. The highest BCUT2D eigenvalue weighted by Gasteiger charge is 2.42. The summed E-state index contributed by atoms with van der Waals surface area (Å²) in [6.07, 6.45) is 0.760. The Kier molecular flexibility index (Phi) is 10.1. The predicted molar refractivity (Wildman–Crippen MR) is 134 cm³/mol. The van der Waals surface area contributed by atoms with Crippen LogP contribution >= 0.6 is 0 Å². The molecule has 7 nitrogen and oxygen atoms in total. The van der Waals surface area contributed by atoms with E-state index in [0.29, 0.717) is 0 Å². The molecule has 0 heterocycles. The zero-order valence-corrected chi connectivity index (χ0v) is 22.3. The van der Waals surface area contributed by atoms with Crippen molar-refractivity contribution >= 4 is 17.8 Å². The molecule has 190 valence electrons. The maximum absolute atomic E-state index is 13.6. The smallest absolute Gasteiger partial charge is 0.331 e. The molecule has 0 spiro atoms. The summed E-state index contributed by atoms with van der Waals surface area (Å²) in [6, 6.07) is 8.36. The summed E-state index contributed by atoms with van der Waals surface area (Å²) in [5, 5.41) is 12.2. The van der Waals surface area contributed by atoms with Gasteiger partial charge in [0.05, 0.1) is 6.04 Å². The fourth-order valence-corrected chi connectivity index (χ4v) is 4.04. The first kappa shape index (κ1) is 29.4. The number of benzene rings is 1. The zero-order valence-electron chi connectivity index (χ0n) is 22.3. The minimum atomic E-state index is -1.03. The minimum Gasteiger partial charge on any atom is -0.478 e. The molecule has 1 aromatic rings. The molecule has 0 bridgehead atoms. The summed E-state index contributed by atoms with van der Waals surface area (Å²) >= 11 is 0. The van der Waals surface area contributed by atoms with E-state index in [4.69, 9.17) is 4.74 Å². The Morgan fingerprint density at radius 1 is 1.06 bits per heavy atom. The normalized spacial score (nSPS) is 15.4. The molecular formula is C27H42N2O5. The van der Waals surface area contributed by atoms with E-state index in [0.717, 1.165) is 5.56 Å². The number of likely N-dealkylation sites (N-methyl/N-ethyl adjacent to an activating group) is 1. The monoisotopic (exact) mass is 474 g/mol. The zero-order chi connectivity index (χ0) is 26.4. The lowest BCUT2D eigenvalue weighted by atomic mass is 9.78. The highest BCUT2D eigenvalue weighted by Crippen LogP contribution is 2.30. The molecule has 2 N–H and O–H groups in total. The van der Waals surface area contributed by atoms with Crippen LogP contribution in [0, 0.1) is 11.3 Å². The van der Waals surface area contributed by atoms with E-state index < -0.39 is 35.0 Å². The van der Waals surface area contributed by atoms with Gasteiger partial charge in [-0.3, -0.25) is 9.59 Å². The Morgan fingerprint density at radius 2 is 1.59 bits per heavy atom. The van der Waals surface area contributed by atoms with Crippen molar-refractivity contribution < 1.29 is 24.2 Å². The first-order valence-electron chi connectivity index (χ1n) is 11.6. The molecular weight excluding hydrogens is 432 g/mol. The van der Waals surface area contributed by atoms with Crippen LogP contribution in [0.25, 0.3) is 0 Å². The second kappa shape index (κ2) is 11.6. The summed E-state index contributed by atoms with van der Waals surface area (Å²) in [6.45, 7) is 14.9. The van der Waals surface area contributed by atoms with E-state index >= 15 is 0 Å². The van der Waals surface area contributed by atoms with Crippen molar-refractivity contribution in [1.29, 1.82) is 0 Å². The van der Waals surface area contributed by atoms with Gasteiger partial charge in [-0.2, -0.15) is 0 Å². The van der Waals surface area contributed by atoms with Crippen molar-refractivity contribution in [2.45, 2.75) is 79.0 Å². The number of aliphatic carboxylic acids is 1. The second-order valence-electron chi connectivity index (χ2n) is 10.8. The number of carboxylic acids is 1. The fraction of sp³-hybridized carbons (Fsp3) is 0.593. The fourth-order valence-electron chi connectivity index (χ4n) is 4.04. The average Bonchev–Trinajstić information content (AvgIpc) is 2.74. The van der Waals surface area contributed by atoms with Gasteiger partial charge in [0.15, 0.2) is 0 Å². The molecule has 0 aliphatic rings. The third-order valence-electron chi connectivity index (χ3n) is 6.28. The molecule has 3 atom stereocenters. The van der Waals surface area contributed by atoms with Crippen LogP contribution in [0.4, 0.5) is 0 Å². The van der Waals surface area contributed by atoms with Crippen molar-refractivity contribution in [3.63, 3.8) is 0 Å². The van der Waals surface area contributed by atoms with Crippen LogP contribution in [0.2, 0.25) is 0 Å². The highest BCUT2D eigenvalue weighted by molar-refractivity contribution is 5.91.